The number of alkyl halides is 3. The summed E-state index contributed by atoms with van der Waals surface area (Å²) in [5, 5.41) is 11.4. The minimum atomic E-state index is -1.68. The smallest absolute Gasteiger partial charge is 0.234 e. The van der Waals surface area contributed by atoms with Crippen molar-refractivity contribution in [1.82, 2.24) is 5.32 Å². The zero-order valence-corrected chi connectivity index (χ0v) is 7.58. The first-order valence-corrected chi connectivity index (χ1v) is 3.74. The Hall–Kier alpha value is 0.370. The maximum Gasteiger partial charge on any atom is 0.234 e. The van der Waals surface area contributed by atoms with Gasteiger partial charge in [0.05, 0.1) is 0 Å². The molecule has 0 saturated carbocycles. The molecule has 60 valence electrons. The third kappa shape index (κ3) is 4.23. The molecule has 0 aliphatic rings. The lowest BCUT2D eigenvalue weighted by molar-refractivity contribution is 0.157. The topological polar surface area (TPSA) is 32.3 Å². The average Bonchev–Trinajstić information content (AvgIpc) is 1.80. The van der Waals surface area contributed by atoms with Gasteiger partial charge >= 0.3 is 0 Å². The summed E-state index contributed by atoms with van der Waals surface area (Å²) in [6.45, 7) is 1.78. The van der Waals surface area contributed by atoms with Gasteiger partial charge in [-0.25, -0.2) is 0 Å². The summed E-state index contributed by atoms with van der Waals surface area (Å²) in [5.74, 6) is 0. The molecule has 0 aromatic heterocycles. The SMILES string of the molecule is CC=CNC(O)C(Cl)(Cl)Cl. The number of hydrogen-bond acceptors (Lipinski definition) is 2. The van der Waals surface area contributed by atoms with Crippen molar-refractivity contribution in [2.75, 3.05) is 0 Å². The van der Waals surface area contributed by atoms with E-state index in [0.717, 1.165) is 0 Å². The fraction of sp³-hybridized carbons (Fsp3) is 0.600. The molecule has 0 amide bonds. The van der Waals surface area contributed by atoms with Gasteiger partial charge in [-0.2, -0.15) is 0 Å². The Morgan fingerprint density at radius 1 is 1.50 bits per heavy atom. The van der Waals surface area contributed by atoms with Crippen LogP contribution in [-0.4, -0.2) is 15.1 Å². The maximum absolute atomic E-state index is 8.96. The van der Waals surface area contributed by atoms with E-state index in [9.17, 15) is 0 Å². The van der Waals surface area contributed by atoms with E-state index in [1.54, 1.807) is 13.0 Å². The molecule has 0 fully saturated rings. The monoisotopic (exact) mass is 203 g/mol. The van der Waals surface area contributed by atoms with Gasteiger partial charge in [-0.1, -0.05) is 40.9 Å². The van der Waals surface area contributed by atoms with Crippen LogP contribution in [0.1, 0.15) is 6.92 Å². The van der Waals surface area contributed by atoms with Gasteiger partial charge in [0.15, 0.2) is 6.23 Å². The molecule has 1 atom stereocenters. The second-order valence-corrected chi connectivity index (χ2v) is 3.98. The average molecular weight is 204 g/mol. The predicted molar refractivity (Wildman–Crippen MR) is 44.2 cm³/mol. The van der Waals surface area contributed by atoms with Crippen molar-refractivity contribution in [1.29, 1.82) is 0 Å². The lowest BCUT2D eigenvalue weighted by Crippen LogP contribution is -2.36. The van der Waals surface area contributed by atoms with Crippen molar-refractivity contribution in [3.05, 3.63) is 12.3 Å². The van der Waals surface area contributed by atoms with Gasteiger partial charge < -0.3 is 10.4 Å². The minimum Gasteiger partial charge on any atom is -0.370 e. The van der Waals surface area contributed by atoms with E-state index in [2.05, 4.69) is 5.32 Å². The molecule has 0 saturated heterocycles. The molecule has 0 heterocycles. The first-order chi connectivity index (χ1) is 4.48. The molecule has 0 bridgehead atoms. The van der Waals surface area contributed by atoms with Crippen LogP contribution < -0.4 is 5.32 Å². The van der Waals surface area contributed by atoms with Crippen LogP contribution in [0, 0.1) is 0 Å². The van der Waals surface area contributed by atoms with Crippen molar-refractivity contribution in [3.8, 4) is 0 Å². The molecule has 10 heavy (non-hydrogen) atoms. The van der Waals surface area contributed by atoms with Crippen LogP contribution in [0.4, 0.5) is 0 Å². The van der Waals surface area contributed by atoms with E-state index in [0.29, 0.717) is 0 Å². The summed E-state index contributed by atoms with van der Waals surface area (Å²) < 4.78 is -1.68. The summed E-state index contributed by atoms with van der Waals surface area (Å²) in [6.07, 6.45) is 2.00. The Kier molecular flexibility index (Phi) is 4.45. The van der Waals surface area contributed by atoms with Crippen LogP contribution in [0.3, 0.4) is 0 Å². The zero-order chi connectivity index (χ0) is 8.20. The van der Waals surface area contributed by atoms with Crippen LogP contribution >= 0.6 is 34.8 Å². The van der Waals surface area contributed by atoms with E-state index in [1.807, 2.05) is 0 Å². The molecule has 0 aromatic rings. The highest BCUT2D eigenvalue weighted by Gasteiger charge is 2.29. The number of hydrogen-bond donors (Lipinski definition) is 2. The summed E-state index contributed by atoms with van der Waals surface area (Å²) >= 11 is 15.9. The van der Waals surface area contributed by atoms with Gasteiger partial charge in [0.1, 0.15) is 0 Å². The first-order valence-electron chi connectivity index (χ1n) is 2.60. The number of aliphatic hydroxyl groups excluding tert-OH is 1. The van der Waals surface area contributed by atoms with Gasteiger partial charge in [0, 0.05) is 0 Å². The summed E-state index contributed by atoms with van der Waals surface area (Å²) in [7, 11) is 0. The maximum atomic E-state index is 8.96. The number of rotatable bonds is 2. The normalized spacial score (nSPS) is 15.7. The van der Waals surface area contributed by atoms with Crippen LogP contribution in [-0.2, 0) is 0 Å². The van der Waals surface area contributed by atoms with E-state index in [1.165, 1.54) is 6.20 Å². The lowest BCUT2D eigenvalue weighted by Gasteiger charge is -2.18. The molecule has 1 unspecified atom stereocenters. The quantitative estimate of drug-likeness (QED) is 0.531. The minimum absolute atomic E-state index is 1.17. The molecule has 0 aromatic carbocycles. The van der Waals surface area contributed by atoms with Crippen LogP contribution in [0.15, 0.2) is 12.3 Å². The highest BCUT2D eigenvalue weighted by Crippen LogP contribution is 2.28. The Labute approximate surface area is 74.8 Å². The molecule has 0 aliphatic carbocycles. The van der Waals surface area contributed by atoms with Crippen molar-refractivity contribution in [2.24, 2.45) is 0 Å². The van der Waals surface area contributed by atoms with Crippen LogP contribution in [0.25, 0.3) is 0 Å². The van der Waals surface area contributed by atoms with Crippen molar-refractivity contribution < 1.29 is 5.11 Å². The molecule has 2 nitrogen and oxygen atoms in total. The van der Waals surface area contributed by atoms with E-state index < -0.39 is 10.0 Å². The van der Waals surface area contributed by atoms with Gasteiger partial charge in [-0.15, -0.1) is 0 Å². The van der Waals surface area contributed by atoms with Crippen molar-refractivity contribution >= 4 is 34.8 Å². The Morgan fingerprint density at radius 2 is 2.00 bits per heavy atom. The van der Waals surface area contributed by atoms with Gasteiger partial charge in [-0.05, 0) is 13.1 Å². The lowest BCUT2D eigenvalue weighted by atomic mass is 10.6. The third-order valence-electron chi connectivity index (χ3n) is 0.731. The molecule has 5 heteroatoms. The molecular weight excluding hydrogens is 196 g/mol. The second kappa shape index (κ2) is 4.29. The molecule has 2 N–H and O–H groups in total. The molecule has 0 rings (SSSR count). The van der Waals surface area contributed by atoms with E-state index in [4.69, 9.17) is 39.9 Å². The standard InChI is InChI=1S/C5H8Cl3NO/c1-2-3-9-4(10)5(6,7)8/h2-4,9-10H,1H3. The first kappa shape index (κ1) is 10.4. The van der Waals surface area contributed by atoms with Gasteiger partial charge in [-0.3, -0.25) is 0 Å². The Bertz CT molecular complexity index is 121. The zero-order valence-electron chi connectivity index (χ0n) is 5.31. The number of allylic oxidation sites excluding steroid dienone is 1. The number of halogens is 3. The molecule has 0 aliphatic heterocycles. The van der Waals surface area contributed by atoms with E-state index >= 15 is 0 Å². The molecule has 0 radical (unpaired) electrons. The second-order valence-electron chi connectivity index (χ2n) is 1.61. The number of nitrogens with one attached hydrogen (secondary N) is 1. The fourth-order valence-electron chi connectivity index (χ4n) is 0.282. The van der Waals surface area contributed by atoms with Crippen LogP contribution in [0.5, 0.6) is 0 Å². The molecular formula is C5H8Cl3NO. The largest absolute Gasteiger partial charge is 0.370 e. The van der Waals surface area contributed by atoms with Gasteiger partial charge in [0.2, 0.25) is 3.79 Å². The van der Waals surface area contributed by atoms with Crippen LogP contribution in [0.2, 0.25) is 0 Å². The third-order valence-corrected chi connectivity index (χ3v) is 1.35. The summed E-state index contributed by atoms with van der Waals surface area (Å²) in [6, 6.07) is 0. The predicted octanol–water partition coefficient (Wildman–Crippen LogP) is 1.80. The fourth-order valence-corrected chi connectivity index (χ4v) is 0.471. The number of aliphatic hydroxyl groups is 1. The van der Waals surface area contributed by atoms with E-state index in [-0.39, 0.29) is 0 Å². The highest BCUT2D eigenvalue weighted by molar-refractivity contribution is 6.68. The summed E-state index contributed by atoms with van der Waals surface area (Å²) in [4.78, 5) is 0. The Morgan fingerprint density at radius 3 is 2.30 bits per heavy atom. The highest BCUT2D eigenvalue weighted by atomic mass is 35.6. The molecule has 0 spiro atoms. The van der Waals surface area contributed by atoms with Gasteiger partial charge in [0.25, 0.3) is 0 Å². The summed E-state index contributed by atoms with van der Waals surface area (Å²) in [5.41, 5.74) is 0. The Balaban J connectivity index is 3.73. The van der Waals surface area contributed by atoms with Crippen molar-refractivity contribution in [2.45, 2.75) is 16.9 Å². The van der Waals surface area contributed by atoms with Crippen molar-refractivity contribution in [3.63, 3.8) is 0 Å².